The van der Waals surface area contributed by atoms with Gasteiger partial charge in [0.05, 0.1) is 12.3 Å². The smallest absolute Gasteiger partial charge is 0.203 e. The van der Waals surface area contributed by atoms with E-state index in [-0.39, 0.29) is 6.04 Å². The third-order valence-corrected chi connectivity index (χ3v) is 4.39. The van der Waals surface area contributed by atoms with E-state index in [4.69, 9.17) is 4.74 Å². The third kappa shape index (κ3) is 3.54. The van der Waals surface area contributed by atoms with Gasteiger partial charge in [0.1, 0.15) is 0 Å². The summed E-state index contributed by atoms with van der Waals surface area (Å²) in [5, 5.41) is 3.49. The third-order valence-electron chi connectivity index (χ3n) is 4.39. The van der Waals surface area contributed by atoms with Crippen LogP contribution in [0.15, 0.2) is 6.20 Å². The van der Waals surface area contributed by atoms with E-state index in [1.165, 1.54) is 19.3 Å². The molecule has 0 radical (unpaired) electrons. The minimum absolute atomic E-state index is 0.276. The molecule has 4 atom stereocenters. The summed E-state index contributed by atoms with van der Waals surface area (Å²) in [6, 6.07) is 0.850. The van der Waals surface area contributed by atoms with Gasteiger partial charge >= 0.3 is 0 Å². The summed E-state index contributed by atoms with van der Waals surface area (Å²) in [5.41, 5.74) is 1.09. The highest BCUT2D eigenvalue weighted by molar-refractivity contribution is 5.31. The van der Waals surface area contributed by atoms with Crippen molar-refractivity contribution in [2.24, 2.45) is 11.8 Å². The number of nitrogens with zero attached hydrogens (tertiary/aromatic N) is 2. The molecule has 0 bridgehead atoms. The van der Waals surface area contributed by atoms with Gasteiger partial charge in [-0.3, -0.25) is 0 Å². The summed E-state index contributed by atoms with van der Waals surface area (Å²) in [6.45, 7) is 9.63. The topological polar surface area (TPSA) is 39.1 Å². The number of ether oxygens (including phenoxy) is 1. The number of anilines is 1. The van der Waals surface area contributed by atoms with Crippen molar-refractivity contribution in [1.82, 2.24) is 9.55 Å². The average molecular weight is 279 g/mol. The predicted molar refractivity (Wildman–Crippen MR) is 83.1 cm³/mol. The number of aromatic nitrogens is 2. The summed E-state index contributed by atoms with van der Waals surface area (Å²) in [5.74, 6) is 2.57. The number of imidazole rings is 1. The monoisotopic (exact) mass is 279 g/mol. The minimum atomic E-state index is 0.276. The first kappa shape index (κ1) is 15.4. The molecule has 1 aromatic heterocycles. The second-order valence-corrected chi connectivity index (χ2v) is 6.58. The zero-order chi connectivity index (χ0) is 14.7. The molecular formula is C16H29N3O. The lowest BCUT2D eigenvalue weighted by molar-refractivity contribution is 0.188. The number of methoxy groups -OCH3 is 1. The fourth-order valence-corrected chi connectivity index (χ4v) is 3.45. The molecule has 0 aromatic carbocycles. The van der Waals surface area contributed by atoms with Gasteiger partial charge in [-0.2, -0.15) is 0 Å². The molecule has 1 heterocycles. The second-order valence-electron chi connectivity index (χ2n) is 6.58. The number of hydrogen-bond donors (Lipinski definition) is 1. The Morgan fingerprint density at radius 2 is 2.20 bits per heavy atom. The van der Waals surface area contributed by atoms with Crippen LogP contribution in [0.4, 0.5) is 5.95 Å². The summed E-state index contributed by atoms with van der Waals surface area (Å²) in [4.78, 5) is 4.66. The Kier molecular flexibility index (Phi) is 5.08. The molecule has 4 unspecified atom stereocenters. The van der Waals surface area contributed by atoms with Crippen LogP contribution in [0.2, 0.25) is 0 Å². The van der Waals surface area contributed by atoms with Gasteiger partial charge in [0.15, 0.2) is 0 Å². The summed E-state index contributed by atoms with van der Waals surface area (Å²) < 4.78 is 7.56. The van der Waals surface area contributed by atoms with Gasteiger partial charge in [0.25, 0.3) is 0 Å². The van der Waals surface area contributed by atoms with Crippen molar-refractivity contribution < 1.29 is 4.74 Å². The van der Waals surface area contributed by atoms with E-state index >= 15 is 0 Å². The molecule has 20 heavy (non-hydrogen) atoms. The number of aryl methyl sites for hydroxylation is 1. The molecule has 4 heteroatoms. The van der Waals surface area contributed by atoms with Crippen LogP contribution in [0, 0.1) is 18.8 Å². The van der Waals surface area contributed by atoms with E-state index in [0.29, 0.717) is 18.6 Å². The van der Waals surface area contributed by atoms with Crippen LogP contribution in [0.3, 0.4) is 0 Å². The first-order valence-electron chi connectivity index (χ1n) is 7.82. The van der Waals surface area contributed by atoms with Crippen molar-refractivity contribution in [3.63, 3.8) is 0 Å². The SMILES string of the molecule is COCC(C)Nc1nc(C)cn1C1CCC(C)CC1C. The molecule has 4 nitrogen and oxygen atoms in total. The molecule has 1 aliphatic rings. The van der Waals surface area contributed by atoms with E-state index in [0.717, 1.165) is 17.6 Å². The van der Waals surface area contributed by atoms with E-state index < -0.39 is 0 Å². The molecule has 1 saturated carbocycles. The van der Waals surface area contributed by atoms with Gasteiger partial charge < -0.3 is 14.6 Å². The second kappa shape index (κ2) is 6.61. The molecule has 0 amide bonds. The standard InChI is InChI=1S/C16H29N3O/c1-11-6-7-15(12(2)8-11)19-9-13(3)17-16(19)18-14(4)10-20-5/h9,11-12,14-15H,6-8,10H2,1-5H3,(H,17,18). The van der Waals surface area contributed by atoms with Gasteiger partial charge in [-0.15, -0.1) is 0 Å². The molecule has 1 aliphatic carbocycles. The number of rotatable bonds is 5. The van der Waals surface area contributed by atoms with Crippen LogP contribution >= 0.6 is 0 Å². The summed E-state index contributed by atoms with van der Waals surface area (Å²) in [6.07, 6.45) is 6.08. The van der Waals surface area contributed by atoms with Crippen molar-refractivity contribution in [1.29, 1.82) is 0 Å². The van der Waals surface area contributed by atoms with Crippen molar-refractivity contribution in [2.75, 3.05) is 19.0 Å². The van der Waals surface area contributed by atoms with Gasteiger partial charge in [-0.05, 0) is 44.9 Å². The van der Waals surface area contributed by atoms with Crippen molar-refractivity contribution >= 4 is 5.95 Å². The van der Waals surface area contributed by atoms with Crippen LogP contribution in [0.5, 0.6) is 0 Å². The fourth-order valence-electron chi connectivity index (χ4n) is 3.45. The molecule has 114 valence electrons. The first-order chi connectivity index (χ1) is 9.51. The van der Waals surface area contributed by atoms with Crippen molar-refractivity contribution in [3.8, 4) is 0 Å². The van der Waals surface area contributed by atoms with Crippen LogP contribution in [0.1, 0.15) is 51.8 Å². The molecular weight excluding hydrogens is 250 g/mol. The Morgan fingerprint density at radius 3 is 2.85 bits per heavy atom. The largest absolute Gasteiger partial charge is 0.383 e. The quantitative estimate of drug-likeness (QED) is 0.894. The normalized spacial score (nSPS) is 28.4. The van der Waals surface area contributed by atoms with E-state index in [2.05, 4.69) is 48.8 Å². The Labute approximate surface area is 122 Å². The maximum Gasteiger partial charge on any atom is 0.203 e. The lowest BCUT2D eigenvalue weighted by Gasteiger charge is -2.34. The lowest BCUT2D eigenvalue weighted by Crippen LogP contribution is -2.28. The molecule has 1 aromatic rings. The lowest BCUT2D eigenvalue weighted by atomic mass is 9.80. The number of nitrogens with one attached hydrogen (secondary N) is 1. The minimum Gasteiger partial charge on any atom is -0.383 e. The predicted octanol–water partition coefficient (Wildman–Crippen LogP) is 3.64. The Hall–Kier alpha value is -1.03. The highest BCUT2D eigenvalue weighted by atomic mass is 16.5. The molecule has 0 saturated heterocycles. The van der Waals surface area contributed by atoms with Gasteiger partial charge in [0, 0.05) is 25.4 Å². The van der Waals surface area contributed by atoms with Gasteiger partial charge in [-0.1, -0.05) is 13.8 Å². The Morgan fingerprint density at radius 1 is 1.45 bits per heavy atom. The molecule has 2 rings (SSSR count). The Bertz CT molecular complexity index is 429. The van der Waals surface area contributed by atoms with E-state index in [1.54, 1.807) is 7.11 Å². The fraction of sp³-hybridized carbons (Fsp3) is 0.812. The van der Waals surface area contributed by atoms with Gasteiger partial charge in [0.2, 0.25) is 5.95 Å². The van der Waals surface area contributed by atoms with Gasteiger partial charge in [-0.25, -0.2) is 4.98 Å². The zero-order valence-electron chi connectivity index (χ0n) is 13.5. The highest BCUT2D eigenvalue weighted by Crippen LogP contribution is 2.38. The molecule has 1 N–H and O–H groups in total. The summed E-state index contributed by atoms with van der Waals surface area (Å²) in [7, 11) is 1.74. The molecule has 1 fully saturated rings. The molecule has 0 spiro atoms. The average Bonchev–Trinajstić information content (AvgIpc) is 2.70. The van der Waals surface area contributed by atoms with Crippen LogP contribution < -0.4 is 5.32 Å². The number of hydrogen-bond acceptors (Lipinski definition) is 3. The van der Waals surface area contributed by atoms with Crippen LogP contribution in [-0.2, 0) is 4.74 Å². The first-order valence-corrected chi connectivity index (χ1v) is 7.82. The van der Waals surface area contributed by atoms with Crippen LogP contribution in [0.25, 0.3) is 0 Å². The maximum atomic E-state index is 5.20. The van der Waals surface area contributed by atoms with Crippen LogP contribution in [-0.4, -0.2) is 29.3 Å². The molecule has 0 aliphatic heterocycles. The highest BCUT2D eigenvalue weighted by Gasteiger charge is 2.28. The zero-order valence-corrected chi connectivity index (χ0v) is 13.5. The Balaban J connectivity index is 2.14. The van der Waals surface area contributed by atoms with Crippen molar-refractivity contribution in [2.45, 2.75) is 59.0 Å². The van der Waals surface area contributed by atoms with Crippen molar-refractivity contribution in [3.05, 3.63) is 11.9 Å². The van der Waals surface area contributed by atoms with E-state index in [1.807, 2.05) is 0 Å². The van der Waals surface area contributed by atoms with E-state index in [9.17, 15) is 0 Å². The maximum absolute atomic E-state index is 5.20. The summed E-state index contributed by atoms with van der Waals surface area (Å²) >= 11 is 0.